The van der Waals surface area contributed by atoms with E-state index in [1.807, 2.05) is 24.8 Å². The molecule has 0 N–H and O–H groups in total. The maximum Gasteiger partial charge on any atom is 0.333 e. The van der Waals surface area contributed by atoms with E-state index in [2.05, 4.69) is 11.9 Å². The van der Waals surface area contributed by atoms with E-state index in [1.165, 1.54) is 25.0 Å². The quantitative estimate of drug-likeness (QED) is 0.545. The van der Waals surface area contributed by atoms with Gasteiger partial charge in [-0.3, -0.25) is 4.90 Å². The van der Waals surface area contributed by atoms with Crippen LogP contribution < -0.4 is 0 Å². The first-order valence-electron chi connectivity index (χ1n) is 5.74. The average molecular weight is 243 g/mol. The number of methoxy groups -OCH3 is 1. The van der Waals surface area contributed by atoms with E-state index < -0.39 is 0 Å². The fourth-order valence-corrected chi connectivity index (χ4v) is 3.07. The molecule has 0 aromatic rings. The minimum Gasteiger partial charge on any atom is -0.466 e. The first-order chi connectivity index (χ1) is 7.69. The van der Waals surface area contributed by atoms with Crippen LogP contribution in [0.3, 0.4) is 0 Å². The zero-order valence-electron chi connectivity index (χ0n) is 10.4. The molecular weight excluding hydrogens is 222 g/mol. The molecular formula is C12H21NO2S. The van der Waals surface area contributed by atoms with Gasteiger partial charge < -0.3 is 4.74 Å². The highest BCUT2D eigenvalue weighted by Gasteiger charge is 2.19. The monoisotopic (exact) mass is 243 g/mol. The first kappa shape index (κ1) is 13.6. The molecule has 1 saturated heterocycles. The van der Waals surface area contributed by atoms with Crippen molar-refractivity contribution >= 4 is 17.7 Å². The number of nitrogens with zero attached hydrogens (tertiary/aromatic N) is 1. The predicted molar refractivity (Wildman–Crippen MR) is 68.8 cm³/mol. The zero-order chi connectivity index (χ0) is 12.0. The van der Waals surface area contributed by atoms with Crippen molar-refractivity contribution in [3.8, 4) is 0 Å². The van der Waals surface area contributed by atoms with Gasteiger partial charge in [0.2, 0.25) is 0 Å². The van der Waals surface area contributed by atoms with E-state index in [0.717, 1.165) is 18.5 Å². The standard InChI is InChI=1S/C12H21NO2S/c1-4-10(12(14)15-3)5-7-13(2)11-6-8-16-9-11/h5,11H,4,6-9H2,1-3H3. The summed E-state index contributed by atoms with van der Waals surface area (Å²) in [5.41, 5.74) is 0.778. The molecule has 1 fully saturated rings. The molecule has 3 nitrogen and oxygen atoms in total. The molecule has 92 valence electrons. The van der Waals surface area contributed by atoms with Gasteiger partial charge in [0.15, 0.2) is 0 Å². The van der Waals surface area contributed by atoms with Gasteiger partial charge in [0.25, 0.3) is 0 Å². The summed E-state index contributed by atoms with van der Waals surface area (Å²) < 4.78 is 4.73. The Bertz CT molecular complexity index is 260. The van der Waals surface area contributed by atoms with Crippen molar-refractivity contribution in [3.05, 3.63) is 11.6 Å². The number of carbonyl (C=O) groups is 1. The summed E-state index contributed by atoms with van der Waals surface area (Å²) >= 11 is 2.01. The number of hydrogen-bond acceptors (Lipinski definition) is 4. The zero-order valence-corrected chi connectivity index (χ0v) is 11.2. The first-order valence-corrected chi connectivity index (χ1v) is 6.89. The van der Waals surface area contributed by atoms with Crippen LogP contribution in [-0.4, -0.2) is 49.1 Å². The summed E-state index contributed by atoms with van der Waals surface area (Å²) in [6, 6.07) is 0.664. The fraction of sp³-hybridized carbons (Fsp3) is 0.750. The topological polar surface area (TPSA) is 29.5 Å². The van der Waals surface area contributed by atoms with Crippen molar-refractivity contribution in [2.75, 3.05) is 32.2 Å². The van der Waals surface area contributed by atoms with E-state index in [4.69, 9.17) is 4.74 Å². The fourth-order valence-electron chi connectivity index (χ4n) is 1.78. The van der Waals surface area contributed by atoms with Crippen molar-refractivity contribution in [1.29, 1.82) is 0 Å². The van der Waals surface area contributed by atoms with Gasteiger partial charge in [-0.2, -0.15) is 11.8 Å². The highest BCUT2D eigenvalue weighted by molar-refractivity contribution is 7.99. The number of rotatable bonds is 5. The van der Waals surface area contributed by atoms with Crippen LogP contribution in [0.2, 0.25) is 0 Å². The lowest BCUT2D eigenvalue weighted by Crippen LogP contribution is -2.31. The molecule has 0 aliphatic carbocycles. The second-order valence-corrected chi connectivity index (χ2v) is 5.18. The molecule has 0 bridgehead atoms. The Morgan fingerprint density at radius 3 is 2.88 bits per heavy atom. The van der Waals surface area contributed by atoms with Crippen LogP contribution in [0.15, 0.2) is 11.6 Å². The third-order valence-electron chi connectivity index (χ3n) is 2.98. The predicted octanol–water partition coefficient (Wildman–Crippen LogP) is 1.93. The van der Waals surface area contributed by atoms with Gasteiger partial charge in [0.1, 0.15) is 0 Å². The molecule has 0 saturated carbocycles. The molecule has 1 unspecified atom stereocenters. The normalized spacial score (nSPS) is 21.5. The molecule has 0 aromatic carbocycles. The van der Waals surface area contributed by atoms with Crippen LogP contribution in [-0.2, 0) is 9.53 Å². The van der Waals surface area contributed by atoms with E-state index in [-0.39, 0.29) is 5.97 Å². The smallest absolute Gasteiger partial charge is 0.333 e. The summed E-state index contributed by atoms with van der Waals surface area (Å²) in [5.74, 6) is 2.28. The van der Waals surface area contributed by atoms with Crippen LogP contribution >= 0.6 is 11.8 Å². The molecule has 0 radical (unpaired) electrons. The van der Waals surface area contributed by atoms with Gasteiger partial charge in [-0.15, -0.1) is 0 Å². The lowest BCUT2D eigenvalue weighted by atomic mass is 10.1. The average Bonchev–Trinajstić information content (AvgIpc) is 2.82. The van der Waals surface area contributed by atoms with E-state index >= 15 is 0 Å². The van der Waals surface area contributed by atoms with Crippen LogP contribution in [0.1, 0.15) is 19.8 Å². The van der Waals surface area contributed by atoms with Crippen LogP contribution in [0, 0.1) is 0 Å². The SMILES string of the molecule is CCC(=CCN(C)C1CCSC1)C(=O)OC. The number of esters is 1. The second kappa shape index (κ2) is 6.97. The molecule has 0 aromatic heterocycles. The molecule has 16 heavy (non-hydrogen) atoms. The molecule has 1 rings (SSSR count). The number of carbonyl (C=O) groups excluding carboxylic acids is 1. The third-order valence-corrected chi connectivity index (χ3v) is 4.13. The van der Waals surface area contributed by atoms with Crippen molar-refractivity contribution in [1.82, 2.24) is 4.90 Å². The number of hydrogen-bond donors (Lipinski definition) is 0. The van der Waals surface area contributed by atoms with Gasteiger partial charge in [-0.25, -0.2) is 4.79 Å². The van der Waals surface area contributed by atoms with Gasteiger partial charge in [-0.05, 0) is 25.6 Å². The van der Waals surface area contributed by atoms with Crippen LogP contribution in [0.25, 0.3) is 0 Å². The Labute approximate surface area is 102 Å². The lowest BCUT2D eigenvalue weighted by molar-refractivity contribution is -0.136. The Morgan fingerprint density at radius 1 is 1.62 bits per heavy atom. The molecule has 0 amide bonds. The number of ether oxygens (including phenoxy) is 1. The molecule has 1 heterocycles. The summed E-state index contributed by atoms with van der Waals surface area (Å²) in [6.45, 7) is 2.82. The minimum absolute atomic E-state index is 0.198. The Morgan fingerprint density at radius 2 is 2.38 bits per heavy atom. The molecule has 1 aliphatic heterocycles. The molecule has 1 aliphatic rings. The second-order valence-electron chi connectivity index (χ2n) is 4.03. The number of likely N-dealkylation sites (N-methyl/N-ethyl adjacent to an activating group) is 1. The minimum atomic E-state index is -0.198. The molecule has 0 spiro atoms. The van der Waals surface area contributed by atoms with Crippen molar-refractivity contribution in [2.45, 2.75) is 25.8 Å². The molecule has 4 heteroatoms. The maximum absolute atomic E-state index is 11.4. The van der Waals surface area contributed by atoms with Crippen molar-refractivity contribution < 1.29 is 9.53 Å². The largest absolute Gasteiger partial charge is 0.466 e. The van der Waals surface area contributed by atoms with Gasteiger partial charge >= 0.3 is 5.97 Å². The highest BCUT2D eigenvalue weighted by Crippen LogP contribution is 2.21. The Kier molecular flexibility index (Phi) is 5.91. The summed E-state index contributed by atoms with van der Waals surface area (Å²) in [5, 5.41) is 0. The van der Waals surface area contributed by atoms with Crippen LogP contribution in [0.4, 0.5) is 0 Å². The Balaban J connectivity index is 2.45. The van der Waals surface area contributed by atoms with Gasteiger partial charge in [0.05, 0.1) is 7.11 Å². The van der Waals surface area contributed by atoms with E-state index in [1.54, 1.807) is 0 Å². The van der Waals surface area contributed by atoms with Crippen LogP contribution in [0.5, 0.6) is 0 Å². The maximum atomic E-state index is 11.4. The number of thioether (sulfide) groups is 1. The van der Waals surface area contributed by atoms with E-state index in [9.17, 15) is 4.79 Å². The van der Waals surface area contributed by atoms with E-state index in [0.29, 0.717) is 6.04 Å². The summed E-state index contributed by atoms with van der Waals surface area (Å²) in [6.07, 6.45) is 3.99. The summed E-state index contributed by atoms with van der Waals surface area (Å²) in [7, 11) is 3.56. The van der Waals surface area contributed by atoms with Gasteiger partial charge in [0, 0.05) is 23.9 Å². The van der Waals surface area contributed by atoms with Gasteiger partial charge in [-0.1, -0.05) is 13.0 Å². The lowest BCUT2D eigenvalue weighted by Gasteiger charge is -2.21. The van der Waals surface area contributed by atoms with Crippen molar-refractivity contribution in [2.24, 2.45) is 0 Å². The van der Waals surface area contributed by atoms with Crippen molar-refractivity contribution in [3.63, 3.8) is 0 Å². The highest BCUT2D eigenvalue weighted by atomic mass is 32.2. The summed E-state index contributed by atoms with van der Waals surface area (Å²) in [4.78, 5) is 13.7. The third kappa shape index (κ3) is 3.83. The Hall–Kier alpha value is -0.480. The molecule has 1 atom stereocenters.